The van der Waals surface area contributed by atoms with Crippen molar-refractivity contribution < 1.29 is 0 Å². The van der Waals surface area contributed by atoms with Gasteiger partial charge in [-0.15, -0.1) is 0 Å². The highest BCUT2D eigenvalue weighted by Gasteiger charge is 1.97. The topological polar surface area (TPSA) is 15.3 Å². The zero-order chi connectivity index (χ0) is 12.4. The van der Waals surface area contributed by atoms with Gasteiger partial charge in [0.1, 0.15) is 0 Å². The van der Waals surface area contributed by atoms with Gasteiger partial charge in [0, 0.05) is 18.4 Å². The first-order valence-electron chi connectivity index (χ1n) is 4.83. The Morgan fingerprint density at radius 2 is 1.69 bits per heavy atom. The molecular formula is C13H19N2P. The molecule has 0 heterocycles. The van der Waals surface area contributed by atoms with E-state index in [2.05, 4.69) is 31.4 Å². The summed E-state index contributed by atoms with van der Waals surface area (Å²) in [6.07, 6.45) is 10.9. The van der Waals surface area contributed by atoms with Crippen molar-refractivity contribution in [2.75, 3.05) is 7.05 Å². The van der Waals surface area contributed by atoms with Crippen molar-refractivity contribution in [3.8, 4) is 0 Å². The standard InChI is InChI=1S/C13H19N2P/c1-6-8-10-12(3)14-16-15(5)13(4)11-9-7-2/h6-11,14,16H,1-4H2,5H3/b10-8-,11-9-. The van der Waals surface area contributed by atoms with Crippen LogP contribution in [0.15, 0.2) is 74.2 Å². The summed E-state index contributed by atoms with van der Waals surface area (Å²) in [5, 5.41) is 3.18. The van der Waals surface area contributed by atoms with Crippen LogP contribution in [0.25, 0.3) is 0 Å². The lowest BCUT2D eigenvalue weighted by Gasteiger charge is -2.19. The van der Waals surface area contributed by atoms with Crippen LogP contribution in [0.4, 0.5) is 0 Å². The Morgan fingerprint density at radius 1 is 1.12 bits per heavy atom. The molecule has 1 N–H and O–H groups in total. The van der Waals surface area contributed by atoms with Gasteiger partial charge in [0.15, 0.2) is 0 Å². The van der Waals surface area contributed by atoms with Gasteiger partial charge in [-0.2, -0.15) is 0 Å². The lowest BCUT2D eigenvalue weighted by atomic mass is 10.4. The Hall–Kier alpha value is -1.53. The smallest absolute Gasteiger partial charge is 0.0767 e. The van der Waals surface area contributed by atoms with Gasteiger partial charge in [-0.05, 0) is 12.2 Å². The molecule has 0 spiro atoms. The molecule has 86 valence electrons. The second-order valence-corrected chi connectivity index (χ2v) is 4.15. The molecule has 0 saturated heterocycles. The molecule has 1 atom stereocenters. The molecule has 16 heavy (non-hydrogen) atoms. The monoisotopic (exact) mass is 234 g/mol. The molecule has 0 radical (unpaired) electrons. The highest BCUT2D eigenvalue weighted by Crippen LogP contribution is 2.18. The van der Waals surface area contributed by atoms with Gasteiger partial charge < -0.3 is 9.76 Å². The molecule has 2 nitrogen and oxygen atoms in total. The third-order valence-corrected chi connectivity index (χ3v) is 2.73. The second kappa shape index (κ2) is 8.75. The molecule has 0 aromatic carbocycles. The highest BCUT2D eigenvalue weighted by atomic mass is 31.1. The van der Waals surface area contributed by atoms with E-state index in [1.54, 1.807) is 12.2 Å². The van der Waals surface area contributed by atoms with Crippen LogP contribution in [0.1, 0.15) is 0 Å². The molecule has 0 aliphatic heterocycles. The Labute approximate surface area is 100 Å². The Balaban J connectivity index is 4.01. The van der Waals surface area contributed by atoms with Gasteiger partial charge in [-0.1, -0.05) is 50.6 Å². The number of nitrogens with one attached hydrogen (secondary N) is 1. The second-order valence-electron chi connectivity index (χ2n) is 3.00. The molecule has 3 heteroatoms. The molecule has 0 fully saturated rings. The van der Waals surface area contributed by atoms with E-state index in [-0.39, 0.29) is 0 Å². The third-order valence-electron chi connectivity index (χ3n) is 1.67. The average molecular weight is 234 g/mol. The summed E-state index contributed by atoms with van der Waals surface area (Å²) < 4.78 is 2.01. The summed E-state index contributed by atoms with van der Waals surface area (Å²) in [4.78, 5) is 0. The summed E-state index contributed by atoms with van der Waals surface area (Å²) in [5.41, 5.74) is 1.77. The largest absolute Gasteiger partial charge is 0.351 e. The summed E-state index contributed by atoms with van der Waals surface area (Å²) in [6, 6.07) is 0. The van der Waals surface area contributed by atoms with E-state index in [0.29, 0.717) is 8.88 Å². The summed E-state index contributed by atoms with van der Waals surface area (Å²) in [5.74, 6) is 0. The van der Waals surface area contributed by atoms with Crippen LogP contribution in [0.2, 0.25) is 0 Å². The quantitative estimate of drug-likeness (QED) is 0.510. The first-order valence-corrected chi connectivity index (χ1v) is 5.78. The van der Waals surface area contributed by atoms with Crippen LogP contribution < -0.4 is 5.09 Å². The van der Waals surface area contributed by atoms with E-state index >= 15 is 0 Å². The summed E-state index contributed by atoms with van der Waals surface area (Å²) >= 11 is 0. The lowest BCUT2D eigenvalue weighted by molar-refractivity contribution is 0.712. The molecule has 0 amide bonds. The number of hydrogen-bond acceptors (Lipinski definition) is 2. The van der Waals surface area contributed by atoms with Gasteiger partial charge in [-0.25, -0.2) is 0 Å². The van der Waals surface area contributed by atoms with Crippen molar-refractivity contribution in [2.24, 2.45) is 0 Å². The van der Waals surface area contributed by atoms with E-state index in [9.17, 15) is 0 Å². The first kappa shape index (κ1) is 14.5. The number of likely N-dealkylation sites (N-methyl/N-ethyl adjacent to an activating group) is 1. The van der Waals surface area contributed by atoms with Crippen LogP contribution in [0, 0.1) is 0 Å². The van der Waals surface area contributed by atoms with Crippen molar-refractivity contribution >= 4 is 8.88 Å². The van der Waals surface area contributed by atoms with Crippen LogP contribution in [0.5, 0.6) is 0 Å². The summed E-state index contributed by atoms with van der Waals surface area (Å²) in [7, 11) is 2.37. The molecule has 0 saturated carbocycles. The zero-order valence-electron chi connectivity index (χ0n) is 9.74. The maximum absolute atomic E-state index is 3.93. The Bertz CT molecular complexity index is 327. The van der Waals surface area contributed by atoms with Crippen molar-refractivity contribution in [1.29, 1.82) is 0 Å². The van der Waals surface area contributed by atoms with E-state index in [0.717, 1.165) is 11.4 Å². The molecule has 1 unspecified atom stereocenters. The molecule has 0 rings (SSSR count). The van der Waals surface area contributed by atoms with Gasteiger partial charge in [0.2, 0.25) is 0 Å². The zero-order valence-corrected chi connectivity index (χ0v) is 10.7. The Morgan fingerprint density at radius 3 is 2.25 bits per heavy atom. The van der Waals surface area contributed by atoms with E-state index < -0.39 is 0 Å². The maximum atomic E-state index is 3.93. The molecule has 0 aliphatic rings. The molecule has 0 aliphatic carbocycles. The fraction of sp³-hybridized carbons (Fsp3) is 0.0769. The van der Waals surface area contributed by atoms with Crippen LogP contribution in [0.3, 0.4) is 0 Å². The van der Waals surface area contributed by atoms with Crippen molar-refractivity contribution in [3.63, 3.8) is 0 Å². The minimum Gasteiger partial charge on any atom is -0.351 e. The summed E-state index contributed by atoms with van der Waals surface area (Å²) in [6.45, 7) is 15.0. The molecule has 0 aromatic heterocycles. The third kappa shape index (κ3) is 6.86. The van der Waals surface area contributed by atoms with Crippen LogP contribution in [-0.2, 0) is 0 Å². The first-order chi connectivity index (χ1) is 7.61. The van der Waals surface area contributed by atoms with Gasteiger partial charge in [0.25, 0.3) is 0 Å². The van der Waals surface area contributed by atoms with Gasteiger partial charge in [0.05, 0.1) is 8.88 Å². The molecule has 0 aromatic rings. The average Bonchev–Trinajstić information content (AvgIpc) is 2.30. The predicted molar refractivity (Wildman–Crippen MR) is 76.2 cm³/mol. The van der Waals surface area contributed by atoms with Crippen molar-refractivity contribution in [2.45, 2.75) is 0 Å². The van der Waals surface area contributed by atoms with E-state index in [4.69, 9.17) is 0 Å². The fourth-order valence-electron chi connectivity index (χ4n) is 0.744. The number of hydrogen-bond donors (Lipinski definition) is 1. The van der Waals surface area contributed by atoms with Crippen LogP contribution in [-0.4, -0.2) is 11.7 Å². The molecule has 0 bridgehead atoms. The SMILES string of the molecule is C=C/C=C\C(=C)NPN(C)C(=C)/C=C\C=C. The molecular weight excluding hydrogens is 215 g/mol. The van der Waals surface area contributed by atoms with Crippen molar-refractivity contribution in [1.82, 2.24) is 9.76 Å². The Kier molecular flexibility index (Phi) is 7.92. The van der Waals surface area contributed by atoms with Gasteiger partial charge in [-0.3, -0.25) is 0 Å². The number of rotatable bonds is 8. The minimum atomic E-state index is 0.402. The van der Waals surface area contributed by atoms with Gasteiger partial charge >= 0.3 is 0 Å². The maximum Gasteiger partial charge on any atom is 0.0767 e. The van der Waals surface area contributed by atoms with Crippen molar-refractivity contribution in [3.05, 3.63) is 74.2 Å². The highest BCUT2D eigenvalue weighted by molar-refractivity contribution is 7.33. The minimum absolute atomic E-state index is 0.402. The number of allylic oxidation sites excluding steroid dienone is 6. The number of nitrogens with zero attached hydrogens (tertiary/aromatic N) is 1. The lowest BCUT2D eigenvalue weighted by Crippen LogP contribution is -2.11. The fourth-order valence-corrected chi connectivity index (χ4v) is 1.36. The predicted octanol–water partition coefficient (Wildman–Crippen LogP) is 3.53. The van der Waals surface area contributed by atoms with E-state index in [1.165, 1.54) is 0 Å². The van der Waals surface area contributed by atoms with Crippen LogP contribution >= 0.6 is 8.88 Å². The normalized spacial score (nSPS) is 11.1. The van der Waals surface area contributed by atoms with E-state index in [1.807, 2.05) is 36.0 Å².